The number of amides is 7. The predicted octanol–water partition coefficient (Wildman–Crippen LogP) is 3.94. The molecule has 1 aromatic carbocycles. The van der Waals surface area contributed by atoms with Crippen LogP contribution in [-0.2, 0) is 68.7 Å². The second kappa shape index (κ2) is 26.8. The van der Waals surface area contributed by atoms with Crippen molar-refractivity contribution in [2.45, 2.75) is 189 Å². The molecule has 1 aromatic heterocycles. The molecule has 8 bridgehead atoms. The average molecular weight is 1330 g/mol. The Labute approximate surface area is 539 Å². The molecule has 7 amide bonds. The van der Waals surface area contributed by atoms with Crippen LogP contribution in [0.5, 0.6) is 0 Å². The fourth-order valence-corrected chi connectivity index (χ4v) is 16.5. The second-order valence-corrected chi connectivity index (χ2v) is 28.4. The molecular formula is C62H89CoN13O14P-. The number of aliphatic hydroxyl groups excluding tert-OH is 2. The number of aromatic nitrogens is 2. The predicted molar refractivity (Wildman–Crippen MR) is 334 cm³/mol. The van der Waals surface area contributed by atoms with E-state index in [0.29, 0.717) is 56.4 Å². The van der Waals surface area contributed by atoms with Crippen LogP contribution >= 0.6 is 7.82 Å². The molecule has 0 spiro atoms. The fourth-order valence-electron chi connectivity index (χ4n) is 15.3. The molecule has 1 radical (unpaired) electrons. The number of aliphatic hydroxyl groups is 2. The molecule has 501 valence electrons. The Morgan fingerprint density at radius 3 is 1.96 bits per heavy atom. The zero-order chi connectivity index (χ0) is 66.7. The fraction of sp³-hybridized carbons (Fsp3) is 0.629. The second-order valence-electron chi connectivity index (χ2n) is 27.0. The van der Waals surface area contributed by atoms with E-state index >= 15 is 0 Å². The van der Waals surface area contributed by atoms with E-state index in [1.165, 1.54) is 13.3 Å². The molecule has 27 nitrogen and oxygen atoms in total. The van der Waals surface area contributed by atoms with Gasteiger partial charge in [0.1, 0.15) is 18.3 Å². The van der Waals surface area contributed by atoms with Crippen molar-refractivity contribution in [2.24, 2.45) is 94.7 Å². The zero-order valence-electron chi connectivity index (χ0n) is 53.5. The third-order valence-electron chi connectivity index (χ3n) is 20.5. The largest absolute Gasteiger partial charge is 0.682 e. The Morgan fingerprint density at radius 1 is 0.780 bits per heavy atom. The Bertz CT molecular complexity index is 3540. The number of phosphoric ester groups is 1. The number of benzene rings is 1. The van der Waals surface area contributed by atoms with Crippen molar-refractivity contribution in [1.29, 1.82) is 0 Å². The van der Waals surface area contributed by atoms with Crippen molar-refractivity contribution in [3.63, 3.8) is 0 Å². The van der Waals surface area contributed by atoms with E-state index in [9.17, 15) is 53.2 Å². The van der Waals surface area contributed by atoms with Crippen molar-refractivity contribution < 1.29 is 83.8 Å². The van der Waals surface area contributed by atoms with Gasteiger partial charge >= 0.3 is 7.82 Å². The van der Waals surface area contributed by atoms with Gasteiger partial charge in [0.2, 0.25) is 41.4 Å². The third-order valence-corrected chi connectivity index (χ3v) is 21.6. The van der Waals surface area contributed by atoms with Crippen LogP contribution in [0.3, 0.4) is 0 Å². The van der Waals surface area contributed by atoms with Crippen LogP contribution in [0.25, 0.3) is 16.4 Å². The van der Waals surface area contributed by atoms with Crippen LogP contribution in [0, 0.1) is 59.2 Å². The van der Waals surface area contributed by atoms with Gasteiger partial charge in [0, 0.05) is 125 Å². The Kier molecular flexibility index (Phi) is 21.2. The monoisotopic (exact) mass is 1330 g/mol. The van der Waals surface area contributed by atoms with Gasteiger partial charge in [0.25, 0.3) is 0 Å². The number of rotatable bonds is 26. The molecule has 91 heavy (non-hydrogen) atoms. The molecule has 6 aliphatic heterocycles. The quantitative estimate of drug-likeness (QED) is 0.0596. The number of carbonyl (C=O) groups is 7. The molecule has 2 fully saturated rings. The number of aliphatic imine (C=N–C) groups is 3. The summed E-state index contributed by atoms with van der Waals surface area (Å²) >= 11 is 0. The van der Waals surface area contributed by atoms with Crippen molar-refractivity contribution in [3.8, 4) is 0 Å². The molecule has 0 saturated carbocycles. The summed E-state index contributed by atoms with van der Waals surface area (Å²) < 4.78 is 32.3. The summed E-state index contributed by atoms with van der Waals surface area (Å²) in [7, 11) is -5.07. The maximum atomic E-state index is 14.4. The van der Waals surface area contributed by atoms with Gasteiger partial charge in [-0.1, -0.05) is 40.7 Å². The molecule has 7 heterocycles. The standard InChI is InChI=1S/C62H90N13O14P.Co/c1-29-20-39-40(21-30(29)2)75(28-70-39)57-52(84)53(41(27-76)87-57)89-90(85,86)88-31(3)26-69-49(83)18-19-59(8)37(22-46(66)80)56-62(11)61(10,25-48(68)82)36(14-17-45(65)79)51(74-62)33(5)55-60(9,24-47(67)81)34(12-15-43(63)77)38(71-55)23-42-58(6,7)35(13-16-44(64)78)50(72-42)32(4)54(59)73-56;/h20-21,23,28,31,34-37,41,52-53,56-57,76,84H,12-19,22,24-27H2,1-11H3,(H15,63,64,65,66,67,68,69,71,72,73,74,77,78,79,80,81,82,83,85,86);/p-1/t31?,34-,35-,36-,37+,41+,52?,53?,56?,57+,59-,60+,61+,62+;/m1./s1. The number of nitrogens with zero attached hydrogens (tertiary/aromatic N) is 6. The number of allylic oxidation sites excluding steroid dienone is 6. The van der Waals surface area contributed by atoms with E-state index in [1.807, 2.05) is 80.5 Å². The van der Waals surface area contributed by atoms with Crippen molar-refractivity contribution in [2.75, 3.05) is 13.2 Å². The first kappa shape index (κ1) is 71.9. The minimum atomic E-state index is -5.07. The van der Waals surface area contributed by atoms with Crippen LogP contribution in [0.2, 0.25) is 0 Å². The summed E-state index contributed by atoms with van der Waals surface area (Å²) in [5.74, 6) is -7.34. The number of nitrogens with two attached hydrogens (primary N) is 6. The van der Waals surface area contributed by atoms with Crippen LogP contribution in [-0.4, -0.2) is 132 Å². The SMILES string of the molecule is C/C1=C2/[N-]C([C@H](CC(N)=O)[C@@]2(C)CCC(=O)NCC(C)OP(=O)(O)OC2C(O)[C@@H](n3cnc4cc(C)c(C)cc43)O[C@H]2CO)[C@]2(C)N=C(/C(C)=C3N=C(/C=C4N=C1[C@@H](CCC(N)=O)C\4(C)C)[C@@H](CCC(N)=O)[C@]\3(C)CC(N)=O)[C@@H](CCC(N)=O)[C@]2(C)CC(N)=O.[Co]. The first-order chi connectivity index (χ1) is 41.8. The van der Waals surface area contributed by atoms with Crippen LogP contribution < -0.4 is 39.7 Å². The molecule has 16 N–H and O–H groups in total. The van der Waals surface area contributed by atoms with Crippen molar-refractivity contribution in [3.05, 3.63) is 69.2 Å². The third kappa shape index (κ3) is 13.8. The van der Waals surface area contributed by atoms with E-state index in [0.717, 1.165) is 11.1 Å². The smallest absolute Gasteiger partial charge is 0.472 e. The van der Waals surface area contributed by atoms with Gasteiger partial charge in [-0.05, 0) is 119 Å². The van der Waals surface area contributed by atoms with Gasteiger partial charge in [0.15, 0.2) is 6.23 Å². The molecule has 5 unspecified atom stereocenters. The van der Waals surface area contributed by atoms with Crippen LogP contribution in [0.4, 0.5) is 0 Å². The Morgan fingerprint density at radius 2 is 1.37 bits per heavy atom. The van der Waals surface area contributed by atoms with E-state index in [1.54, 1.807) is 11.5 Å². The number of carbonyl (C=O) groups excluding carboxylic acids is 7. The van der Waals surface area contributed by atoms with E-state index in [4.69, 9.17) is 68.5 Å². The van der Waals surface area contributed by atoms with E-state index in [2.05, 4.69) is 10.3 Å². The molecule has 0 aliphatic carbocycles. The Hall–Kier alpha value is -6.49. The minimum Gasteiger partial charge on any atom is -0.682 e. The van der Waals surface area contributed by atoms with Gasteiger partial charge in [-0.25, -0.2) is 9.55 Å². The summed E-state index contributed by atoms with van der Waals surface area (Å²) in [6, 6.07) is 2.68. The molecular weight excluding hydrogens is 1240 g/mol. The summed E-state index contributed by atoms with van der Waals surface area (Å²) in [5.41, 5.74) is 36.8. The van der Waals surface area contributed by atoms with Gasteiger partial charge in [-0.15, -0.1) is 0 Å². The maximum Gasteiger partial charge on any atom is 0.472 e. The van der Waals surface area contributed by atoms with Gasteiger partial charge in [-0.2, -0.15) is 5.70 Å². The maximum absolute atomic E-state index is 14.4. The normalized spacial score (nSPS) is 33.8. The molecule has 6 aliphatic rings. The summed E-state index contributed by atoms with van der Waals surface area (Å²) in [6.07, 6.45) is -4.47. The van der Waals surface area contributed by atoms with Crippen molar-refractivity contribution >= 4 is 77.3 Å². The molecule has 15 atom stereocenters. The summed E-state index contributed by atoms with van der Waals surface area (Å²) in [6.45, 7) is 19.1. The molecule has 29 heteroatoms. The van der Waals surface area contributed by atoms with Crippen molar-refractivity contribution in [1.82, 2.24) is 14.9 Å². The van der Waals surface area contributed by atoms with Gasteiger partial charge in [0.05, 0.1) is 41.3 Å². The number of primary amides is 6. The minimum absolute atomic E-state index is 0. The first-order valence-electron chi connectivity index (χ1n) is 30.5. The number of nitrogens with one attached hydrogen (secondary N) is 1. The number of hydrogen-bond donors (Lipinski definition) is 10. The number of fused-ring (bicyclic) bond motifs is 7. The number of ether oxygens (including phenoxy) is 1. The van der Waals surface area contributed by atoms with Gasteiger partial charge in [-0.3, -0.25) is 57.6 Å². The number of phosphoric acid groups is 1. The van der Waals surface area contributed by atoms with Crippen LogP contribution in [0.15, 0.2) is 67.8 Å². The van der Waals surface area contributed by atoms with E-state index < -0.39 is 143 Å². The number of imidazole rings is 1. The average Bonchev–Trinajstić information content (AvgIpc) is 1.53. The zero-order valence-corrected chi connectivity index (χ0v) is 55.5. The molecule has 8 rings (SSSR count). The summed E-state index contributed by atoms with van der Waals surface area (Å²) in [5, 5.41) is 30.2. The van der Waals surface area contributed by atoms with E-state index in [-0.39, 0.29) is 94.0 Å². The van der Waals surface area contributed by atoms with Crippen LogP contribution in [0.1, 0.15) is 150 Å². The number of hydrogen-bond acceptors (Lipinski definition) is 17. The molecule has 2 aromatic rings. The topological polar surface area (TPSA) is 462 Å². The molecule has 2 saturated heterocycles. The number of aryl methyl sites for hydroxylation is 2. The Balaban J connectivity index is 0.0000118. The van der Waals surface area contributed by atoms with Gasteiger partial charge < -0.3 is 69.4 Å². The first-order valence-corrected chi connectivity index (χ1v) is 32.0. The summed E-state index contributed by atoms with van der Waals surface area (Å²) in [4.78, 5) is 125.